The average molecular weight is 244 g/mol. The van der Waals surface area contributed by atoms with Crippen LogP contribution in [0.1, 0.15) is 11.1 Å². The number of nitrogens with one attached hydrogen (secondary N) is 1. The van der Waals surface area contributed by atoms with E-state index >= 15 is 0 Å². The molecule has 0 bridgehead atoms. The Morgan fingerprint density at radius 2 is 2.00 bits per heavy atom. The minimum Gasteiger partial charge on any atom is -0.310 e. The van der Waals surface area contributed by atoms with E-state index in [1.165, 1.54) is 12.1 Å². The molecule has 1 aromatic heterocycles. The summed E-state index contributed by atoms with van der Waals surface area (Å²) in [6.45, 7) is 1.88. The van der Waals surface area contributed by atoms with Crippen LogP contribution in [-0.2, 0) is 11.2 Å². The summed E-state index contributed by atoms with van der Waals surface area (Å²) >= 11 is 0. The standard InChI is InChI=1S/C14H13FN2O/c1-10-3-2-8-16-14(10)17-13(18)9-11-4-6-12(15)7-5-11/h2-8H,9H2,1H3,(H,16,17,18). The van der Waals surface area contributed by atoms with Crippen LogP contribution in [0.25, 0.3) is 0 Å². The fraction of sp³-hybridized carbons (Fsp3) is 0.143. The minimum atomic E-state index is -0.306. The predicted molar refractivity (Wildman–Crippen MR) is 67.7 cm³/mol. The molecule has 2 aromatic rings. The maximum absolute atomic E-state index is 12.7. The van der Waals surface area contributed by atoms with Crippen LogP contribution in [0.4, 0.5) is 10.2 Å². The Hall–Kier alpha value is -2.23. The number of hydrogen-bond donors (Lipinski definition) is 1. The number of halogens is 1. The van der Waals surface area contributed by atoms with Crippen molar-refractivity contribution in [3.8, 4) is 0 Å². The topological polar surface area (TPSA) is 42.0 Å². The molecule has 0 aliphatic heterocycles. The van der Waals surface area contributed by atoms with E-state index in [0.29, 0.717) is 5.82 Å². The lowest BCUT2D eigenvalue weighted by atomic mass is 10.1. The predicted octanol–water partition coefficient (Wildman–Crippen LogP) is 2.71. The number of aryl methyl sites for hydroxylation is 1. The molecular formula is C14H13FN2O. The number of anilines is 1. The number of benzene rings is 1. The van der Waals surface area contributed by atoms with E-state index in [4.69, 9.17) is 0 Å². The number of hydrogen-bond acceptors (Lipinski definition) is 2. The van der Waals surface area contributed by atoms with Crippen molar-refractivity contribution in [2.24, 2.45) is 0 Å². The summed E-state index contributed by atoms with van der Waals surface area (Å²) in [5.41, 5.74) is 1.67. The molecule has 0 fully saturated rings. The first kappa shape index (κ1) is 12.2. The van der Waals surface area contributed by atoms with Gasteiger partial charge in [0.15, 0.2) is 0 Å². The zero-order valence-corrected chi connectivity index (χ0v) is 9.98. The van der Waals surface area contributed by atoms with Gasteiger partial charge in [0, 0.05) is 6.20 Å². The highest BCUT2D eigenvalue weighted by Gasteiger charge is 2.06. The van der Waals surface area contributed by atoms with Gasteiger partial charge in [-0.05, 0) is 36.2 Å². The molecule has 0 spiro atoms. The van der Waals surface area contributed by atoms with Crippen LogP contribution in [-0.4, -0.2) is 10.9 Å². The van der Waals surface area contributed by atoms with Gasteiger partial charge in [0.05, 0.1) is 6.42 Å². The highest BCUT2D eigenvalue weighted by molar-refractivity contribution is 5.91. The van der Waals surface area contributed by atoms with Crippen molar-refractivity contribution in [3.63, 3.8) is 0 Å². The molecule has 0 saturated carbocycles. The summed E-state index contributed by atoms with van der Waals surface area (Å²) in [7, 11) is 0. The van der Waals surface area contributed by atoms with Crippen molar-refractivity contribution in [2.75, 3.05) is 5.32 Å². The number of carbonyl (C=O) groups excluding carboxylic acids is 1. The van der Waals surface area contributed by atoms with E-state index in [1.807, 2.05) is 19.1 Å². The molecule has 2 rings (SSSR count). The third kappa shape index (κ3) is 3.13. The molecule has 0 radical (unpaired) electrons. The minimum absolute atomic E-state index is 0.164. The van der Waals surface area contributed by atoms with Gasteiger partial charge in [0.25, 0.3) is 0 Å². The summed E-state index contributed by atoms with van der Waals surface area (Å²) < 4.78 is 12.7. The molecule has 0 atom stereocenters. The smallest absolute Gasteiger partial charge is 0.229 e. The molecule has 3 nitrogen and oxygen atoms in total. The van der Waals surface area contributed by atoms with Crippen molar-refractivity contribution < 1.29 is 9.18 Å². The van der Waals surface area contributed by atoms with Gasteiger partial charge in [-0.3, -0.25) is 4.79 Å². The Labute approximate surface area is 105 Å². The monoisotopic (exact) mass is 244 g/mol. The van der Waals surface area contributed by atoms with E-state index in [2.05, 4.69) is 10.3 Å². The second-order valence-electron chi connectivity index (χ2n) is 4.02. The SMILES string of the molecule is Cc1cccnc1NC(=O)Cc1ccc(F)cc1. The van der Waals surface area contributed by atoms with Gasteiger partial charge in [0.1, 0.15) is 11.6 Å². The lowest BCUT2D eigenvalue weighted by Crippen LogP contribution is -2.16. The Kier molecular flexibility index (Phi) is 3.67. The molecule has 0 unspecified atom stereocenters. The van der Waals surface area contributed by atoms with Gasteiger partial charge < -0.3 is 5.32 Å². The lowest BCUT2D eigenvalue weighted by molar-refractivity contribution is -0.115. The van der Waals surface area contributed by atoms with Crippen LogP contribution in [0, 0.1) is 12.7 Å². The summed E-state index contributed by atoms with van der Waals surface area (Å²) in [6.07, 6.45) is 1.83. The van der Waals surface area contributed by atoms with E-state index in [1.54, 1.807) is 18.3 Å². The second-order valence-corrected chi connectivity index (χ2v) is 4.02. The molecule has 0 aliphatic carbocycles. The number of amides is 1. The van der Waals surface area contributed by atoms with Gasteiger partial charge in [-0.1, -0.05) is 18.2 Å². The number of carbonyl (C=O) groups is 1. The molecule has 1 aromatic carbocycles. The van der Waals surface area contributed by atoms with Crippen LogP contribution in [0.15, 0.2) is 42.6 Å². The summed E-state index contributed by atoms with van der Waals surface area (Å²) in [4.78, 5) is 15.9. The first-order chi connectivity index (χ1) is 8.65. The van der Waals surface area contributed by atoms with Gasteiger partial charge in [-0.15, -0.1) is 0 Å². The lowest BCUT2D eigenvalue weighted by Gasteiger charge is -2.06. The number of pyridine rings is 1. The van der Waals surface area contributed by atoms with Crippen molar-refractivity contribution in [2.45, 2.75) is 13.3 Å². The van der Waals surface area contributed by atoms with Gasteiger partial charge in [-0.25, -0.2) is 9.37 Å². The molecule has 1 N–H and O–H groups in total. The van der Waals surface area contributed by atoms with Crippen molar-refractivity contribution in [3.05, 3.63) is 59.5 Å². The zero-order valence-electron chi connectivity index (χ0n) is 9.98. The third-order valence-corrected chi connectivity index (χ3v) is 2.55. The fourth-order valence-electron chi connectivity index (χ4n) is 1.58. The second kappa shape index (κ2) is 5.40. The fourth-order valence-corrected chi connectivity index (χ4v) is 1.58. The van der Waals surface area contributed by atoms with Crippen LogP contribution >= 0.6 is 0 Å². The molecule has 18 heavy (non-hydrogen) atoms. The highest BCUT2D eigenvalue weighted by Crippen LogP contribution is 2.10. The highest BCUT2D eigenvalue weighted by atomic mass is 19.1. The van der Waals surface area contributed by atoms with Crippen LogP contribution < -0.4 is 5.32 Å². The summed E-state index contributed by atoms with van der Waals surface area (Å²) in [5, 5.41) is 2.73. The first-order valence-corrected chi connectivity index (χ1v) is 5.61. The van der Waals surface area contributed by atoms with E-state index < -0.39 is 0 Å². The Morgan fingerprint density at radius 3 is 2.67 bits per heavy atom. The Balaban J connectivity index is 2.01. The molecule has 1 amide bonds. The van der Waals surface area contributed by atoms with Gasteiger partial charge in [0.2, 0.25) is 5.91 Å². The third-order valence-electron chi connectivity index (χ3n) is 2.55. The van der Waals surface area contributed by atoms with Crippen LogP contribution in [0.5, 0.6) is 0 Å². The zero-order chi connectivity index (χ0) is 13.0. The van der Waals surface area contributed by atoms with Crippen molar-refractivity contribution in [1.29, 1.82) is 0 Å². The summed E-state index contributed by atoms with van der Waals surface area (Å²) in [5.74, 6) is 0.0905. The number of nitrogens with zero attached hydrogens (tertiary/aromatic N) is 1. The normalized spacial score (nSPS) is 10.1. The van der Waals surface area contributed by atoms with E-state index in [0.717, 1.165) is 11.1 Å². The molecule has 92 valence electrons. The van der Waals surface area contributed by atoms with E-state index in [9.17, 15) is 9.18 Å². The molecule has 0 aliphatic rings. The quantitative estimate of drug-likeness (QED) is 0.902. The molecule has 1 heterocycles. The van der Waals surface area contributed by atoms with Crippen LogP contribution in [0.3, 0.4) is 0 Å². The first-order valence-electron chi connectivity index (χ1n) is 5.61. The Bertz CT molecular complexity index is 552. The molecular weight excluding hydrogens is 231 g/mol. The summed E-state index contributed by atoms with van der Waals surface area (Å²) in [6, 6.07) is 9.56. The largest absolute Gasteiger partial charge is 0.310 e. The van der Waals surface area contributed by atoms with E-state index in [-0.39, 0.29) is 18.1 Å². The number of aromatic nitrogens is 1. The average Bonchev–Trinajstić information content (AvgIpc) is 2.35. The van der Waals surface area contributed by atoms with Crippen LogP contribution in [0.2, 0.25) is 0 Å². The van der Waals surface area contributed by atoms with Gasteiger partial charge in [-0.2, -0.15) is 0 Å². The van der Waals surface area contributed by atoms with Gasteiger partial charge >= 0.3 is 0 Å². The Morgan fingerprint density at radius 1 is 1.28 bits per heavy atom. The number of rotatable bonds is 3. The maximum Gasteiger partial charge on any atom is 0.229 e. The molecule has 4 heteroatoms. The maximum atomic E-state index is 12.7. The van der Waals surface area contributed by atoms with Crippen molar-refractivity contribution in [1.82, 2.24) is 4.98 Å². The molecule has 0 saturated heterocycles. The van der Waals surface area contributed by atoms with Crippen molar-refractivity contribution >= 4 is 11.7 Å².